The summed E-state index contributed by atoms with van der Waals surface area (Å²) in [5, 5.41) is 0.663. The van der Waals surface area contributed by atoms with Gasteiger partial charge in [0.1, 0.15) is 5.60 Å². The minimum Gasteiger partial charge on any atom is -0.458 e. The fourth-order valence-electron chi connectivity index (χ4n) is 2.32. The van der Waals surface area contributed by atoms with Gasteiger partial charge in [-0.2, -0.15) is 0 Å². The summed E-state index contributed by atoms with van der Waals surface area (Å²) in [5.41, 5.74) is 0.343. The molecule has 0 radical (unpaired) electrons. The van der Waals surface area contributed by atoms with E-state index in [0.29, 0.717) is 11.4 Å². The molecule has 0 saturated heterocycles. The molecule has 0 bridgehead atoms. The van der Waals surface area contributed by atoms with Crippen molar-refractivity contribution in [3.05, 3.63) is 70.7 Å². The Kier molecular flexibility index (Phi) is 6.02. The Bertz CT molecular complexity index is 733. The quantitative estimate of drug-likeness (QED) is 0.551. The topological polar surface area (TPSA) is 38.7 Å². The normalized spacial score (nSPS) is 14.3. The highest BCUT2D eigenvalue weighted by atomic mass is 35.5. The SMILES string of the molecule is CC(C)(C)OC(=O)[C@@](C)(Cc1ccccc1)N=Cc1ccc(Cl)cc1. The van der Waals surface area contributed by atoms with Crippen LogP contribution in [0.1, 0.15) is 38.8 Å². The molecular weight excluding hydrogens is 334 g/mol. The van der Waals surface area contributed by atoms with Gasteiger partial charge >= 0.3 is 5.97 Å². The number of hydrogen-bond acceptors (Lipinski definition) is 3. The summed E-state index contributed by atoms with van der Waals surface area (Å²) in [7, 11) is 0. The lowest BCUT2D eigenvalue weighted by Gasteiger charge is -2.28. The number of rotatable bonds is 5. The molecule has 25 heavy (non-hydrogen) atoms. The van der Waals surface area contributed by atoms with E-state index in [-0.39, 0.29) is 5.97 Å². The van der Waals surface area contributed by atoms with Crippen molar-refractivity contribution >= 4 is 23.8 Å². The Labute approximate surface area is 154 Å². The number of carbonyl (C=O) groups excluding carboxylic acids is 1. The highest BCUT2D eigenvalue weighted by Crippen LogP contribution is 2.23. The monoisotopic (exact) mass is 357 g/mol. The molecule has 3 nitrogen and oxygen atoms in total. The van der Waals surface area contributed by atoms with Crippen LogP contribution >= 0.6 is 11.6 Å². The molecular formula is C21H24ClNO2. The fourth-order valence-corrected chi connectivity index (χ4v) is 2.44. The van der Waals surface area contributed by atoms with Gasteiger partial charge in [0.2, 0.25) is 0 Å². The maximum absolute atomic E-state index is 12.8. The van der Waals surface area contributed by atoms with Crippen molar-refractivity contribution in [2.24, 2.45) is 4.99 Å². The minimum atomic E-state index is -1.01. The molecule has 0 aliphatic rings. The van der Waals surface area contributed by atoms with Gasteiger partial charge in [-0.15, -0.1) is 0 Å². The molecule has 0 amide bonds. The lowest BCUT2D eigenvalue weighted by atomic mass is 9.93. The van der Waals surface area contributed by atoms with Crippen molar-refractivity contribution in [1.29, 1.82) is 0 Å². The average molecular weight is 358 g/mol. The van der Waals surface area contributed by atoms with Gasteiger partial charge in [0.05, 0.1) is 0 Å². The number of halogens is 1. The van der Waals surface area contributed by atoms with Crippen LogP contribution in [0, 0.1) is 0 Å². The van der Waals surface area contributed by atoms with Gasteiger partial charge in [0, 0.05) is 17.7 Å². The number of benzene rings is 2. The zero-order chi connectivity index (χ0) is 18.5. The van der Waals surface area contributed by atoms with E-state index in [9.17, 15) is 4.79 Å². The summed E-state index contributed by atoms with van der Waals surface area (Å²) in [5.74, 6) is -0.339. The molecule has 0 saturated carbocycles. The van der Waals surface area contributed by atoms with E-state index in [1.54, 1.807) is 25.3 Å². The predicted molar refractivity (Wildman–Crippen MR) is 103 cm³/mol. The summed E-state index contributed by atoms with van der Waals surface area (Å²) < 4.78 is 5.61. The van der Waals surface area contributed by atoms with Crippen molar-refractivity contribution in [2.75, 3.05) is 0 Å². The third kappa shape index (κ3) is 6.02. The molecule has 0 fully saturated rings. The Morgan fingerprint density at radius 2 is 1.64 bits per heavy atom. The first kappa shape index (κ1) is 19.2. The van der Waals surface area contributed by atoms with Crippen molar-refractivity contribution in [1.82, 2.24) is 0 Å². The second-order valence-corrected chi connectivity index (χ2v) is 7.68. The van der Waals surface area contributed by atoms with Crippen molar-refractivity contribution in [2.45, 2.75) is 45.3 Å². The molecule has 0 heterocycles. The highest BCUT2D eigenvalue weighted by Gasteiger charge is 2.36. The van der Waals surface area contributed by atoms with Crippen LogP contribution in [0.15, 0.2) is 59.6 Å². The second-order valence-electron chi connectivity index (χ2n) is 7.25. The third-order valence-corrected chi connectivity index (χ3v) is 3.85. The smallest absolute Gasteiger partial charge is 0.334 e. The van der Waals surface area contributed by atoms with Crippen LogP contribution in [0.2, 0.25) is 5.02 Å². The van der Waals surface area contributed by atoms with Crippen LogP contribution in [0.25, 0.3) is 0 Å². The predicted octanol–water partition coefficient (Wildman–Crippen LogP) is 5.10. The van der Waals surface area contributed by atoms with Crippen molar-refractivity contribution < 1.29 is 9.53 Å². The first-order valence-corrected chi connectivity index (χ1v) is 8.64. The maximum atomic E-state index is 12.8. The summed E-state index contributed by atoms with van der Waals surface area (Å²) in [4.78, 5) is 17.4. The van der Waals surface area contributed by atoms with Gasteiger partial charge in [-0.3, -0.25) is 4.99 Å². The number of hydrogen-bond donors (Lipinski definition) is 0. The van der Waals surface area contributed by atoms with E-state index in [4.69, 9.17) is 16.3 Å². The molecule has 0 aliphatic carbocycles. The van der Waals surface area contributed by atoms with Gasteiger partial charge in [-0.1, -0.05) is 54.1 Å². The summed E-state index contributed by atoms with van der Waals surface area (Å²) in [6, 6.07) is 17.2. The van der Waals surface area contributed by atoms with Gasteiger partial charge in [0.15, 0.2) is 5.54 Å². The molecule has 0 spiro atoms. The van der Waals surface area contributed by atoms with Crippen LogP contribution in [0.3, 0.4) is 0 Å². The van der Waals surface area contributed by atoms with E-state index in [0.717, 1.165) is 11.1 Å². The van der Waals surface area contributed by atoms with Crippen LogP contribution in [-0.4, -0.2) is 23.3 Å². The Morgan fingerprint density at radius 3 is 2.20 bits per heavy atom. The van der Waals surface area contributed by atoms with Gasteiger partial charge < -0.3 is 4.74 Å². The number of carbonyl (C=O) groups is 1. The largest absolute Gasteiger partial charge is 0.458 e. The molecule has 2 aromatic rings. The van der Waals surface area contributed by atoms with Crippen molar-refractivity contribution in [3.63, 3.8) is 0 Å². The van der Waals surface area contributed by atoms with Crippen LogP contribution in [-0.2, 0) is 16.0 Å². The van der Waals surface area contributed by atoms with E-state index in [1.807, 2.05) is 63.2 Å². The zero-order valence-corrected chi connectivity index (χ0v) is 15.9. The standard InChI is InChI=1S/C21H24ClNO2/c1-20(2,3)25-19(24)21(4,14-16-8-6-5-7-9-16)23-15-17-10-12-18(22)13-11-17/h5-13,15H,14H2,1-4H3/t21-/m1/s1. The van der Waals surface area contributed by atoms with Gasteiger partial charge in [-0.25, -0.2) is 4.79 Å². The average Bonchev–Trinajstić information content (AvgIpc) is 2.54. The zero-order valence-electron chi connectivity index (χ0n) is 15.1. The number of ether oxygens (including phenoxy) is 1. The highest BCUT2D eigenvalue weighted by molar-refractivity contribution is 6.30. The molecule has 2 aromatic carbocycles. The minimum absolute atomic E-state index is 0.339. The summed E-state index contributed by atoms with van der Waals surface area (Å²) >= 11 is 5.91. The molecule has 0 aliphatic heterocycles. The lowest BCUT2D eigenvalue weighted by molar-refractivity contribution is -0.160. The van der Waals surface area contributed by atoms with Crippen LogP contribution in [0.4, 0.5) is 0 Å². The van der Waals surface area contributed by atoms with Crippen LogP contribution in [0.5, 0.6) is 0 Å². The third-order valence-electron chi connectivity index (χ3n) is 3.60. The molecule has 4 heteroatoms. The van der Waals surface area contributed by atoms with Gasteiger partial charge in [0.25, 0.3) is 0 Å². The van der Waals surface area contributed by atoms with Gasteiger partial charge in [-0.05, 0) is 51.0 Å². The number of nitrogens with zero attached hydrogens (tertiary/aromatic N) is 1. The second kappa shape index (κ2) is 7.83. The molecule has 2 rings (SSSR count). The Balaban J connectivity index is 2.30. The lowest BCUT2D eigenvalue weighted by Crippen LogP contribution is -2.41. The van der Waals surface area contributed by atoms with E-state index < -0.39 is 11.1 Å². The molecule has 0 N–H and O–H groups in total. The molecule has 1 atom stereocenters. The summed E-state index contributed by atoms with van der Waals surface area (Å²) in [6.07, 6.45) is 2.16. The maximum Gasteiger partial charge on any atom is 0.334 e. The van der Waals surface area contributed by atoms with E-state index in [1.165, 1.54) is 0 Å². The number of esters is 1. The Morgan fingerprint density at radius 1 is 1.04 bits per heavy atom. The fraction of sp³-hybridized carbons (Fsp3) is 0.333. The molecule has 0 aromatic heterocycles. The number of aliphatic imine (C=N–C) groups is 1. The molecule has 0 unspecified atom stereocenters. The Hall–Kier alpha value is -2.13. The first-order chi connectivity index (χ1) is 11.7. The van der Waals surface area contributed by atoms with E-state index in [2.05, 4.69) is 4.99 Å². The molecule has 132 valence electrons. The summed E-state index contributed by atoms with van der Waals surface area (Å²) in [6.45, 7) is 7.38. The van der Waals surface area contributed by atoms with Crippen LogP contribution < -0.4 is 0 Å². The van der Waals surface area contributed by atoms with E-state index >= 15 is 0 Å². The first-order valence-electron chi connectivity index (χ1n) is 8.26. The van der Waals surface area contributed by atoms with Crippen molar-refractivity contribution in [3.8, 4) is 0 Å².